The lowest BCUT2D eigenvalue weighted by molar-refractivity contribution is 0.350. The number of rotatable bonds is 7. The Kier molecular flexibility index (Phi) is 7.42. The van der Waals surface area contributed by atoms with Crippen LogP contribution in [0.15, 0.2) is 53.8 Å². The second-order valence-electron chi connectivity index (χ2n) is 6.48. The summed E-state index contributed by atoms with van der Waals surface area (Å²) in [6.45, 7) is -0.871. The van der Waals surface area contributed by atoms with Crippen molar-refractivity contribution in [1.29, 1.82) is 0 Å². The van der Waals surface area contributed by atoms with Gasteiger partial charge in [-0.1, -0.05) is 11.8 Å². The first-order valence-corrected chi connectivity index (χ1v) is 10.8. The van der Waals surface area contributed by atoms with Crippen molar-refractivity contribution in [2.45, 2.75) is 11.4 Å². The molecule has 0 aliphatic heterocycles. The molecule has 0 atom stereocenters. The summed E-state index contributed by atoms with van der Waals surface area (Å²) in [6.07, 6.45) is 2.47. The highest BCUT2D eigenvalue weighted by Crippen LogP contribution is 2.31. The fourth-order valence-corrected chi connectivity index (χ4v) is 4.41. The van der Waals surface area contributed by atoms with Crippen LogP contribution in [0.3, 0.4) is 0 Å². The van der Waals surface area contributed by atoms with Crippen LogP contribution in [0.25, 0.3) is 0 Å². The van der Waals surface area contributed by atoms with Crippen LogP contribution in [-0.4, -0.2) is 44.3 Å². The average molecular weight is 475 g/mol. The number of ether oxygens (including phenoxy) is 2. The fourth-order valence-electron chi connectivity index (χ4n) is 2.93. The second kappa shape index (κ2) is 10.2. The molecular weight excluding hydrogens is 456 g/mol. The van der Waals surface area contributed by atoms with Crippen LogP contribution >= 0.6 is 0 Å². The molecule has 0 saturated carbocycles. The van der Waals surface area contributed by atoms with Crippen molar-refractivity contribution in [1.82, 2.24) is 9.97 Å². The lowest BCUT2D eigenvalue weighted by Crippen LogP contribution is -2.32. The number of nitrogens with zero attached hydrogens (tertiary/aromatic N) is 3. The van der Waals surface area contributed by atoms with E-state index in [1.807, 2.05) is 0 Å². The predicted octanol–water partition coefficient (Wildman–Crippen LogP) is 2.51. The number of hydrogen-bond donors (Lipinski definition) is 1. The van der Waals surface area contributed by atoms with Crippen LogP contribution in [0.2, 0.25) is 0 Å². The van der Waals surface area contributed by atoms with Gasteiger partial charge >= 0.3 is 0 Å². The van der Waals surface area contributed by atoms with Gasteiger partial charge in [0.1, 0.15) is 46.8 Å². The van der Waals surface area contributed by atoms with Gasteiger partial charge in [-0.05, 0) is 18.2 Å². The molecule has 0 aliphatic rings. The summed E-state index contributed by atoms with van der Waals surface area (Å²) in [4.78, 5) is 6.96. The third-order valence-electron chi connectivity index (χ3n) is 4.52. The van der Waals surface area contributed by atoms with Gasteiger partial charge in [0.05, 0.1) is 26.3 Å². The first kappa shape index (κ1) is 23.9. The zero-order valence-corrected chi connectivity index (χ0v) is 18.4. The summed E-state index contributed by atoms with van der Waals surface area (Å²) >= 11 is 0. The van der Waals surface area contributed by atoms with Gasteiger partial charge in [-0.2, -0.15) is 0 Å². The van der Waals surface area contributed by atoms with E-state index in [4.69, 9.17) is 14.6 Å². The molecule has 11 heteroatoms. The van der Waals surface area contributed by atoms with Crippen molar-refractivity contribution < 1.29 is 31.8 Å². The van der Waals surface area contributed by atoms with Gasteiger partial charge in [0.25, 0.3) is 10.0 Å². The van der Waals surface area contributed by atoms with Crippen molar-refractivity contribution >= 4 is 15.8 Å². The van der Waals surface area contributed by atoms with Gasteiger partial charge in [-0.25, -0.2) is 31.5 Å². The molecule has 2 aromatic carbocycles. The van der Waals surface area contributed by atoms with E-state index in [1.165, 1.54) is 26.5 Å². The topological polar surface area (TPSA) is 102 Å². The minimum atomic E-state index is -4.60. The number of aliphatic hydroxyl groups excluding tert-OH is 1. The van der Waals surface area contributed by atoms with E-state index in [2.05, 4.69) is 21.8 Å². The van der Waals surface area contributed by atoms with E-state index in [0.717, 1.165) is 16.7 Å². The maximum absolute atomic E-state index is 14.7. The van der Waals surface area contributed by atoms with Gasteiger partial charge in [-0.15, -0.1) is 0 Å². The molecule has 8 nitrogen and oxygen atoms in total. The molecule has 0 spiro atoms. The maximum Gasteiger partial charge on any atom is 0.268 e. The number of benzene rings is 2. The molecule has 1 heterocycles. The van der Waals surface area contributed by atoms with Gasteiger partial charge in [-0.3, -0.25) is 0 Å². The summed E-state index contributed by atoms with van der Waals surface area (Å²) in [5, 5.41) is 8.86. The van der Waals surface area contributed by atoms with Crippen molar-refractivity contribution in [2.75, 3.05) is 25.1 Å². The first-order valence-electron chi connectivity index (χ1n) is 9.40. The number of anilines is 1. The molecule has 0 unspecified atom stereocenters. The quantitative estimate of drug-likeness (QED) is 0.524. The summed E-state index contributed by atoms with van der Waals surface area (Å²) in [5.41, 5.74) is 0.0528. The van der Waals surface area contributed by atoms with Crippen LogP contribution in [0.1, 0.15) is 11.1 Å². The number of aliphatic hydroxyl groups is 1. The molecule has 0 bridgehead atoms. The average Bonchev–Trinajstić information content (AvgIpc) is 2.82. The Labute approximate surface area is 189 Å². The maximum atomic E-state index is 14.7. The largest absolute Gasteiger partial charge is 0.497 e. The molecule has 0 fully saturated rings. The highest BCUT2D eigenvalue weighted by Gasteiger charge is 2.31. The molecule has 33 heavy (non-hydrogen) atoms. The smallest absolute Gasteiger partial charge is 0.268 e. The monoisotopic (exact) mass is 475 g/mol. The zero-order valence-electron chi connectivity index (χ0n) is 17.6. The van der Waals surface area contributed by atoms with Gasteiger partial charge in [0, 0.05) is 30.0 Å². The SMILES string of the molecule is COc1ccc(CN(c2ccncn2)S(=O)(=O)c2cc(C#CCO)c(F)cc2F)c(OC)c1. The third-order valence-corrected chi connectivity index (χ3v) is 6.29. The van der Waals surface area contributed by atoms with E-state index in [9.17, 15) is 17.2 Å². The molecule has 0 aliphatic carbocycles. The number of hydrogen-bond acceptors (Lipinski definition) is 7. The molecule has 0 amide bonds. The lowest BCUT2D eigenvalue weighted by atomic mass is 10.2. The summed E-state index contributed by atoms with van der Waals surface area (Å²) in [7, 11) is -1.72. The third kappa shape index (κ3) is 5.19. The molecule has 0 saturated heterocycles. The first-order chi connectivity index (χ1) is 15.8. The van der Waals surface area contributed by atoms with Gasteiger partial charge < -0.3 is 14.6 Å². The van der Waals surface area contributed by atoms with Crippen molar-refractivity contribution in [2.24, 2.45) is 0 Å². The number of methoxy groups -OCH3 is 2. The lowest BCUT2D eigenvalue weighted by Gasteiger charge is -2.24. The Morgan fingerprint density at radius 2 is 1.88 bits per heavy atom. The Hall–Kier alpha value is -3.75. The molecule has 1 aromatic heterocycles. The number of sulfonamides is 1. The van der Waals surface area contributed by atoms with E-state index in [1.54, 1.807) is 18.2 Å². The summed E-state index contributed by atoms with van der Waals surface area (Å²) in [5.74, 6) is 2.91. The predicted molar refractivity (Wildman–Crippen MR) is 115 cm³/mol. The molecular formula is C22H19F2N3O5S. The molecule has 0 radical (unpaired) electrons. The van der Waals surface area contributed by atoms with Crippen LogP contribution < -0.4 is 13.8 Å². The van der Waals surface area contributed by atoms with Crippen LogP contribution in [0.4, 0.5) is 14.6 Å². The van der Waals surface area contributed by atoms with Crippen LogP contribution in [0.5, 0.6) is 11.5 Å². The Morgan fingerprint density at radius 1 is 1.09 bits per heavy atom. The second-order valence-corrected chi connectivity index (χ2v) is 8.31. The van der Waals surface area contributed by atoms with Gasteiger partial charge in [0.15, 0.2) is 0 Å². The van der Waals surface area contributed by atoms with E-state index in [-0.39, 0.29) is 17.9 Å². The molecule has 172 valence electrons. The number of aromatic nitrogens is 2. The van der Waals surface area contributed by atoms with E-state index in [0.29, 0.717) is 23.1 Å². The zero-order chi connectivity index (χ0) is 24.0. The summed E-state index contributed by atoms with van der Waals surface area (Å²) < 4.78 is 67.3. The van der Waals surface area contributed by atoms with E-state index < -0.39 is 33.2 Å². The molecule has 3 rings (SSSR count). The van der Waals surface area contributed by atoms with Crippen molar-refractivity contribution in [3.05, 3.63) is 71.7 Å². The Morgan fingerprint density at radius 3 is 2.52 bits per heavy atom. The van der Waals surface area contributed by atoms with Crippen molar-refractivity contribution in [3.63, 3.8) is 0 Å². The Balaban J connectivity index is 2.16. The van der Waals surface area contributed by atoms with Gasteiger partial charge in [0.2, 0.25) is 0 Å². The highest BCUT2D eigenvalue weighted by atomic mass is 32.2. The minimum absolute atomic E-state index is 0.0467. The normalized spacial score (nSPS) is 10.8. The molecule has 3 aromatic rings. The van der Waals surface area contributed by atoms with Crippen molar-refractivity contribution in [3.8, 4) is 23.3 Å². The minimum Gasteiger partial charge on any atom is -0.497 e. The van der Waals surface area contributed by atoms with E-state index >= 15 is 0 Å². The number of halogens is 2. The molecule has 1 N–H and O–H groups in total. The summed E-state index contributed by atoms with van der Waals surface area (Å²) in [6, 6.07) is 7.33. The fraction of sp³-hybridized carbons (Fsp3) is 0.182. The van der Waals surface area contributed by atoms with Crippen LogP contribution in [-0.2, 0) is 16.6 Å². The van der Waals surface area contributed by atoms with Crippen LogP contribution in [0, 0.1) is 23.5 Å². The standard InChI is InChI=1S/C22H19F2N3O5S/c1-31-17-6-5-16(20(11-17)32-2)13-27(22-7-8-25-14-26-22)33(29,30)21-10-15(4-3-9-28)18(23)12-19(21)24/h5-8,10-12,14,28H,9,13H2,1-2H3. The highest BCUT2D eigenvalue weighted by molar-refractivity contribution is 7.92. The Bertz CT molecular complexity index is 1310.